The molecular weight excluding hydrogens is 120 g/mol. The monoisotopic (exact) mass is 142 g/mol. The maximum absolute atomic E-state index is 2.36. The zero-order valence-corrected chi connectivity index (χ0v) is 7.82. The third kappa shape index (κ3) is 6.12. The SMILES string of the molecule is CC1CCCCC1.CCC. The molecule has 1 fully saturated rings. The van der Waals surface area contributed by atoms with Crippen molar-refractivity contribution in [3.05, 3.63) is 0 Å². The second-order valence-corrected chi connectivity index (χ2v) is 3.45. The van der Waals surface area contributed by atoms with Gasteiger partial charge < -0.3 is 0 Å². The average Bonchev–Trinajstić information content (AvgIpc) is 1.91. The first-order valence-electron chi connectivity index (χ1n) is 4.81. The van der Waals surface area contributed by atoms with Crippen molar-refractivity contribution >= 4 is 0 Å². The molecule has 0 aromatic carbocycles. The van der Waals surface area contributed by atoms with Crippen molar-refractivity contribution < 1.29 is 0 Å². The Labute approximate surface area is 66.0 Å². The molecule has 1 aliphatic carbocycles. The minimum atomic E-state index is 1.04. The topological polar surface area (TPSA) is 0 Å². The molecule has 1 aliphatic rings. The second kappa shape index (κ2) is 7.11. The molecule has 0 heteroatoms. The predicted molar refractivity (Wildman–Crippen MR) is 48.2 cm³/mol. The van der Waals surface area contributed by atoms with Gasteiger partial charge in [0, 0.05) is 0 Å². The van der Waals surface area contributed by atoms with Crippen LogP contribution in [0.25, 0.3) is 0 Å². The molecule has 0 N–H and O–H groups in total. The molecule has 0 atom stereocenters. The van der Waals surface area contributed by atoms with Crippen LogP contribution in [-0.4, -0.2) is 0 Å². The van der Waals surface area contributed by atoms with Crippen LogP contribution >= 0.6 is 0 Å². The molecule has 0 radical (unpaired) electrons. The van der Waals surface area contributed by atoms with Gasteiger partial charge in [-0.3, -0.25) is 0 Å². The summed E-state index contributed by atoms with van der Waals surface area (Å²) in [6, 6.07) is 0. The van der Waals surface area contributed by atoms with E-state index in [2.05, 4.69) is 20.8 Å². The van der Waals surface area contributed by atoms with E-state index in [0.717, 1.165) is 5.92 Å². The molecule has 10 heavy (non-hydrogen) atoms. The molecule has 0 aliphatic heterocycles. The summed E-state index contributed by atoms with van der Waals surface area (Å²) in [6.07, 6.45) is 8.69. The highest BCUT2D eigenvalue weighted by atomic mass is 14.1. The average molecular weight is 142 g/mol. The molecule has 0 unspecified atom stereocenters. The van der Waals surface area contributed by atoms with Crippen molar-refractivity contribution in [2.24, 2.45) is 5.92 Å². The molecule has 0 saturated heterocycles. The fourth-order valence-electron chi connectivity index (χ4n) is 1.31. The van der Waals surface area contributed by atoms with E-state index < -0.39 is 0 Å². The first-order valence-corrected chi connectivity index (χ1v) is 4.81. The molecular formula is C10H22. The van der Waals surface area contributed by atoms with E-state index in [9.17, 15) is 0 Å². The minimum absolute atomic E-state index is 1.04. The van der Waals surface area contributed by atoms with Crippen LogP contribution in [0.1, 0.15) is 59.3 Å². The normalized spacial score (nSPS) is 19.5. The van der Waals surface area contributed by atoms with Gasteiger partial charge in [0.05, 0.1) is 0 Å². The zero-order chi connectivity index (χ0) is 7.82. The van der Waals surface area contributed by atoms with Gasteiger partial charge in [-0.15, -0.1) is 0 Å². The van der Waals surface area contributed by atoms with E-state index >= 15 is 0 Å². The van der Waals surface area contributed by atoms with E-state index in [4.69, 9.17) is 0 Å². The van der Waals surface area contributed by atoms with Crippen molar-refractivity contribution in [2.75, 3.05) is 0 Å². The molecule has 0 aromatic rings. The van der Waals surface area contributed by atoms with Gasteiger partial charge in [-0.05, 0) is 5.92 Å². The van der Waals surface area contributed by atoms with Crippen molar-refractivity contribution in [3.8, 4) is 0 Å². The molecule has 0 spiro atoms. The van der Waals surface area contributed by atoms with Gasteiger partial charge in [-0.2, -0.15) is 0 Å². The Morgan fingerprint density at radius 2 is 1.40 bits per heavy atom. The molecule has 0 bridgehead atoms. The first kappa shape index (κ1) is 10.0. The van der Waals surface area contributed by atoms with Crippen molar-refractivity contribution in [3.63, 3.8) is 0 Å². The lowest BCUT2D eigenvalue weighted by Crippen LogP contribution is -1.99. The lowest BCUT2D eigenvalue weighted by atomic mass is 9.91. The lowest BCUT2D eigenvalue weighted by molar-refractivity contribution is 0.385. The van der Waals surface area contributed by atoms with Crippen LogP contribution in [0.3, 0.4) is 0 Å². The van der Waals surface area contributed by atoms with Gasteiger partial charge in [0.15, 0.2) is 0 Å². The van der Waals surface area contributed by atoms with Crippen LogP contribution in [0.5, 0.6) is 0 Å². The van der Waals surface area contributed by atoms with Crippen molar-refractivity contribution in [2.45, 2.75) is 59.3 Å². The third-order valence-electron chi connectivity index (χ3n) is 1.89. The Balaban J connectivity index is 0.000000236. The van der Waals surface area contributed by atoms with Gasteiger partial charge >= 0.3 is 0 Å². The fourth-order valence-corrected chi connectivity index (χ4v) is 1.31. The maximum atomic E-state index is 2.36. The highest BCUT2D eigenvalue weighted by molar-refractivity contribution is 4.59. The molecule has 1 rings (SSSR count). The van der Waals surface area contributed by atoms with E-state index in [1.165, 1.54) is 38.5 Å². The zero-order valence-electron chi connectivity index (χ0n) is 7.82. The van der Waals surface area contributed by atoms with Crippen molar-refractivity contribution in [1.82, 2.24) is 0 Å². The summed E-state index contributed by atoms with van der Waals surface area (Å²) < 4.78 is 0. The standard InChI is InChI=1S/C7H14.C3H8/c1-7-5-3-2-4-6-7;1-3-2/h7H,2-6H2,1H3;3H2,1-2H3. The van der Waals surface area contributed by atoms with E-state index in [-0.39, 0.29) is 0 Å². The smallest absolute Gasteiger partial charge is 0.0443 e. The molecule has 0 amide bonds. The molecule has 0 aromatic heterocycles. The fraction of sp³-hybridized carbons (Fsp3) is 1.00. The van der Waals surface area contributed by atoms with Gasteiger partial charge in [-0.25, -0.2) is 0 Å². The van der Waals surface area contributed by atoms with Gasteiger partial charge in [0.2, 0.25) is 0 Å². The number of hydrogen-bond acceptors (Lipinski definition) is 0. The Bertz CT molecular complexity index is 51.1. The Kier molecular flexibility index (Phi) is 7.11. The first-order chi connectivity index (χ1) is 4.81. The van der Waals surface area contributed by atoms with E-state index in [1.807, 2.05) is 0 Å². The quantitative estimate of drug-likeness (QED) is 0.479. The van der Waals surface area contributed by atoms with Crippen LogP contribution in [0, 0.1) is 5.92 Å². The summed E-state index contributed by atoms with van der Waals surface area (Å²) in [5, 5.41) is 0. The Morgan fingerprint density at radius 3 is 1.60 bits per heavy atom. The molecule has 0 heterocycles. The maximum Gasteiger partial charge on any atom is -0.0443 e. The third-order valence-corrected chi connectivity index (χ3v) is 1.89. The van der Waals surface area contributed by atoms with Crippen LogP contribution in [-0.2, 0) is 0 Å². The van der Waals surface area contributed by atoms with Crippen molar-refractivity contribution in [1.29, 1.82) is 0 Å². The highest BCUT2D eigenvalue weighted by Gasteiger charge is 2.05. The Morgan fingerprint density at radius 1 is 1.00 bits per heavy atom. The van der Waals surface area contributed by atoms with E-state index in [1.54, 1.807) is 0 Å². The largest absolute Gasteiger partial charge is 0.0656 e. The predicted octanol–water partition coefficient (Wildman–Crippen LogP) is 4.00. The minimum Gasteiger partial charge on any atom is -0.0656 e. The highest BCUT2D eigenvalue weighted by Crippen LogP contribution is 2.21. The van der Waals surface area contributed by atoms with E-state index in [0.29, 0.717) is 0 Å². The molecule has 62 valence electrons. The van der Waals surface area contributed by atoms with Crippen LogP contribution < -0.4 is 0 Å². The van der Waals surface area contributed by atoms with Gasteiger partial charge in [-0.1, -0.05) is 59.3 Å². The van der Waals surface area contributed by atoms with Crippen LogP contribution in [0.4, 0.5) is 0 Å². The summed E-state index contributed by atoms with van der Waals surface area (Å²) in [7, 11) is 0. The summed E-state index contributed by atoms with van der Waals surface area (Å²) in [6.45, 7) is 6.61. The molecule has 0 nitrogen and oxygen atoms in total. The summed E-state index contributed by atoms with van der Waals surface area (Å²) >= 11 is 0. The number of rotatable bonds is 0. The molecule has 1 saturated carbocycles. The summed E-state index contributed by atoms with van der Waals surface area (Å²) in [5.74, 6) is 1.04. The Hall–Kier alpha value is 0. The lowest BCUT2D eigenvalue weighted by Gasteiger charge is -2.15. The summed E-state index contributed by atoms with van der Waals surface area (Å²) in [5.41, 5.74) is 0. The van der Waals surface area contributed by atoms with Gasteiger partial charge in [0.1, 0.15) is 0 Å². The van der Waals surface area contributed by atoms with Gasteiger partial charge in [0.25, 0.3) is 0 Å². The summed E-state index contributed by atoms with van der Waals surface area (Å²) in [4.78, 5) is 0. The van der Waals surface area contributed by atoms with Crippen LogP contribution in [0.2, 0.25) is 0 Å². The van der Waals surface area contributed by atoms with Crippen LogP contribution in [0.15, 0.2) is 0 Å². The number of hydrogen-bond donors (Lipinski definition) is 0. The second-order valence-electron chi connectivity index (χ2n) is 3.45.